The zero-order chi connectivity index (χ0) is 21.0. The van der Waals surface area contributed by atoms with Crippen LogP contribution in [0.3, 0.4) is 0 Å². The first-order valence-corrected chi connectivity index (χ1v) is 9.04. The predicted molar refractivity (Wildman–Crippen MR) is 104 cm³/mol. The zero-order valence-corrected chi connectivity index (χ0v) is 15.9. The van der Waals surface area contributed by atoms with Gasteiger partial charge in [-0.25, -0.2) is 0 Å². The Kier molecular flexibility index (Phi) is 5.91. The van der Waals surface area contributed by atoms with Crippen LogP contribution in [0.15, 0.2) is 48.5 Å². The summed E-state index contributed by atoms with van der Waals surface area (Å²) < 4.78 is 43.8. The molecule has 0 aliphatic rings. The highest BCUT2D eigenvalue weighted by molar-refractivity contribution is 6.08. The van der Waals surface area contributed by atoms with Crippen molar-refractivity contribution in [3.63, 3.8) is 0 Å². The van der Waals surface area contributed by atoms with Crippen LogP contribution >= 0.6 is 0 Å². The summed E-state index contributed by atoms with van der Waals surface area (Å²) in [4.78, 5) is 12.8. The van der Waals surface area contributed by atoms with E-state index in [4.69, 9.17) is 4.74 Å². The first-order valence-electron chi connectivity index (χ1n) is 9.04. The average Bonchev–Trinajstić information content (AvgIpc) is 3.10. The van der Waals surface area contributed by atoms with E-state index in [0.29, 0.717) is 40.4 Å². The second-order valence-corrected chi connectivity index (χ2v) is 6.41. The number of nitrogens with zero attached hydrogens (tertiary/aromatic N) is 1. The van der Waals surface area contributed by atoms with Crippen LogP contribution < -0.4 is 10.1 Å². The summed E-state index contributed by atoms with van der Waals surface area (Å²) in [5, 5.41) is 9.96. The number of H-pyrrole nitrogens is 1. The van der Waals surface area contributed by atoms with E-state index in [1.54, 1.807) is 24.3 Å². The maximum atomic E-state index is 12.8. The minimum absolute atomic E-state index is 0.344. The van der Waals surface area contributed by atoms with E-state index in [1.807, 2.05) is 6.92 Å². The molecule has 3 rings (SSSR count). The van der Waals surface area contributed by atoms with Gasteiger partial charge in [-0.1, -0.05) is 37.6 Å². The van der Waals surface area contributed by atoms with Gasteiger partial charge in [-0.3, -0.25) is 9.89 Å². The van der Waals surface area contributed by atoms with Crippen molar-refractivity contribution in [2.75, 3.05) is 12.4 Å². The molecule has 29 heavy (non-hydrogen) atoms. The molecule has 2 aromatic carbocycles. The van der Waals surface area contributed by atoms with Gasteiger partial charge in [-0.2, -0.15) is 18.3 Å². The Balaban J connectivity index is 1.97. The number of methoxy groups -OCH3 is 1. The largest absolute Gasteiger partial charge is 0.496 e. The third-order valence-corrected chi connectivity index (χ3v) is 4.42. The van der Waals surface area contributed by atoms with Gasteiger partial charge in [-0.05, 0) is 30.7 Å². The number of aromatic amines is 1. The fourth-order valence-electron chi connectivity index (χ4n) is 2.98. The Morgan fingerprint density at radius 2 is 1.83 bits per heavy atom. The number of para-hydroxylation sites is 1. The summed E-state index contributed by atoms with van der Waals surface area (Å²) >= 11 is 0. The number of hydrogen-bond donors (Lipinski definition) is 2. The van der Waals surface area contributed by atoms with Gasteiger partial charge in [0, 0.05) is 5.56 Å². The molecule has 0 saturated carbocycles. The molecule has 0 radical (unpaired) electrons. The third-order valence-electron chi connectivity index (χ3n) is 4.42. The van der Waals surface area contributed by atoms with E-state index in [2.05, 4.69) is 15.5 Å². The molecule has 0 unspecified atom stereocenters. The number of halogens is 3. The number of ether oxygens (including phenoxy) is 1. The van der Waals surface area contributed by atoms with E-state index in [-0.39, 0.29) is 0 Å². The molecule has 0 saturated heterocycles. The molecule has 152 valence electrons. The van der Waals surface area contributed by atoms with Crippen molar-refractivity contribution in [1.82, 2.24) is 10.2 Å². The monoisotopic (exact) mass is 403 g/mol. The summed E-state index contributed by atoms with van der Waals surface area (Å²) in [6, 6.07) is 11.4. The molecule has 1 aromatic heterocycles. The number of aryl methyl sites for hydroxylation is 1. The zero-order valence-electron chi connectivity index (χ0n) is 15.9. The van der Waals surface area contributed by atoms with Crippen LogP contribution in [-0.4, -0.2) is 23.2 Å². The number of aromatic nitrogens is 2. The standard InChI is InChI=1S/C21H20F3N3O2/c1-3-6-16-19(25-20(28)15-7-4-5-8-17(15)29-2)18(27-26-16)13-9-11-14(12-10-13)21(22,23)24/h4-5,7-12H,3,6H2,1-2H3,(H,25,28)(H,26,27). The molecule has 0 spiro atoms. The summed E-state index contributed by atoms with van der Waals surface area (Å²) in [6.07, 6.45) is -3.00. The van der Waals surface area contributed by atoms with Crippen molar-refractivity contribution in [2.45, 2.75) is 25.9 Å². The quantitative estimate of drug-likeness (QED) is 0.586. The minimum atomic E-state index is -4.42. The summed E-state index contributed by atoms with van der Waals surface area (Å²) in [5.74, 6) is 0.0241. The second kappa shape index (κ2) is 8.38. The molecule has 0 aliphatic heterocycles. The van der Waals surface area contributed by atoms with Gasteiger partial charge >= 0.3 is 6.18 Å². The lowest BCUT2D eigenvalue weighted by Gasteiger charge is -2.11. The van der Waals surface area contributed by atoms with E-state index in [0.717, 1.165) is 18.6 Å². The highest BCUT2D eigenvalue weighted by Crippen LogP contribution is 2.34. The maximum absolute atomic E-state index is 12.8. The van der Waals surface area contributed by atoms with Crippen LogP contribution in [0.2, 0.25) is 0 Å². The van der Waals surface area contributed by atoms with Crippen LogP contribution in [0.25, 0.3) is 11.3 Å². The van der Waals surface area contributed by atoms with Crippen molar-refractivity contribution < 1.29 is 22.7 Å². The Hall–Kier alpha value is -3.29. The summed E-state index contributed by atoms with van der Waals surface area (Å²) in [5.41, 5.74) is 1.59. The third kappa shape index (κ3) is 4.42. The lowest BCUT2D eigenvalue weighted by Crippen LogP contribution is -2.14. The van der Waals surface area contributed by atoms with Crippen LogP contribution in [0.1, 0.15) is 35.0 Å². The number of hydrogen-bond acceptors (Lipinski definition) is 3. The van der Waals surface area contributed by atoms with E-state index < -0.39 is 17.6 Å². The lowest BCUT2D eigenvalue weighted by atomic mass is 10.1. The number of amides is 1. The van der Waals surface area contributed by atoms with Crippen molar-refractivity contribution >= 4 is 11.6 Å². The molecule has 3 aromatic rings. The van der Waals surface area contributed by atoms with Crippen LogP contribution in [0, 0.1) is 0 Å². The number of carbonyl (C=O) groups excluding carboxylic acids is 1. The number of anilines is 1. The number of carbonyl (C=O) groups is 1. The van der Waals surface area contributed by atoms with Gasteiger partial charge < -0.3 is 10.1 Å². The first-order chi connectivity index (χ1) is 13.8. The molecule has 2 N–H and O–H groups in total. The van der Waals surface area contributed by atoms with Gasteiger partial charge in [0.25, 0.3) is 5.91 Å². The minimum Gasteiger partial charge on any atom is -0.496 e. The Morgan fingerprint density at radius 3 is 2.45 bits per heavy atom. The molecule has 0 atom stereocenters. The van der Waals surface area contributed by atoms with Gasteiger partial charge in [0.1, 0.15) is 11.4 Å². The lowest BCUT2D eigenvalue weighted by molar-refractivity contribution is -0.137. The summed E-state index contributed by atoms with van der Waals surface area (Å²) in [7, 11) is 1.47. The Labute approximate surface area is 165 Å². The Bertz CT molecular complexity index is 995. The fourth-order valence-corrected chi connectivity index (χ4v) is 2.98. The van der Waals surface area contributed by atoms with Crippen molar-refractivity contribution in [2.24, 2.45) is 0 Å². The summed E-state index contributed by atoms with van der Waals surface area (Å²) in [6.45, 7) is 1.98. The van der Waals surface area contributed by atoms with Crippen LogP contribution in [-0.2, 0) is 12.6 Å². The number of nitrogens with one attached hydrogen (secondary N) is 2. The molecule has 8 heteroatoms. The number of rotatable bonds is 6. The maximum Gasteiger partial charge on any atom is 0.416 e. The van der Waals surface area contributed by atoms with Crippen LogP contribution in [0.5, 0.6) is 5.75 Å². The van der Waals surface area contributed by atoms with E-state index >= 15 is 0 Å². The van der Waals surface area contributed by atoms with Gasteiger partial charge in [0.15, 0.2) is 0 Å². The molecule has 0 fully saturated rings. The smallest absolute Gasteiger partial charge is 0.416 e. The van der Waals surface area contributed by atoms with Gasteiger partial charge in [0.05, 0.1) is 29.6 Å². The molecule has 1 heterocycles. The van der Waals surface area contributed by atoms with Crippen LogP contribution in [0.4, 0.5) is 18.9 Å². The molecule has 1 amide bonds. The number of benzene rings is 2. The van der Waals surface area contributed by atoms with E-state index in [1.165, 1.54) is 19.2 Å². The first kappa shape index (κ1) is 20.4. The second-order valence-electron chi connectivity index (χ2n) is 6.41. The van der Waals surface area contributed by atoms with Crippen molar-refractivity contribution in [3.8, 4) is 17.0 Å². The molecule has 0 aliphatic carbocycles. The fraction of sp³-hybridized carbons (Fsp3) is 0.238. The van der Waals surface area contributed by atoms with Gasteiger partial charge in [-0.15, -0.1) is 0 Å². The normalized spacial score (nSPS) is 11.3. The molecule has 0 bridgehead atoms. The highest BCUT2D eigenvalue weighted by Gasteiger charge is 2.30. The van der Waals surface area contributed by atoms with Gasteiger partial charge in [0.2, 0.25) is 0 Å². The van der Waals surface area contributed by atoms with Crippen molar-refractivity contribution in [1.29, 1.82) is 0 Å². The molecule has 5 nitrogen and oxygen atoms in total. The topological polar surface area (TPSA) is 67.0 Å². The number of alkyl halides is 3. The van der Waals surface area contributed by atoms with E-state index in [9.17, 15) is 18.0 Å². The molecular weight excluding hydrogens is 383 g/mol. The predicted octanol–water partition coefficient (Wildman–Crippen LogP) is 5.31. The Morgan fingerprint density at radius 1 is 1.14 bits per heavy atom. The van der Waals surface area contributed by atoms with Crippen molar-refractivity contribution in [3.05, 3.63) is 65.4 Å². The highest BCUT2D eigenvalue weighted by atomic mass is 19.4. The SMILES string of the molecule is CCCc1[nH]nc(-c2ccc(C(F)(F)F)cc2)c1NC(=O)c1ccccc1OC. The average molecular weight is 403 g/mol. The molecular formula is C21H20F3N3O2.